The van der Waals surface area contributed by atoms with E-state index in [0.717, 1.165) is 31.2 Å². The van der Waals surface area contributed by atoms with Crippen LogP contribution < -0.4 is 10.6 Å². The molecule has 2 rings (SSSR count). The first-order valence-corrected chi connectivity index (χ1v) is 7.10. The van der Waals surface area contributed by atoms with Crippen LogP contribution in [0.5, 0.6) is 0 Å². The summed E-state index contributed by atoms with van der Waals surface area (Å²) in [5, 5.41) is 6.88. The highest BCUT2D eigenvalue weighted by Gasteiger charge is 2.44. The summed E-state index contributed by atoms with van der Waals surface area (Å²) < 4.78 is 0. The van der Waals surface area contributed by atoms with Gasteiger partial charge in [0.05, 0.1) is 0 Å². The summed E-state index contributed by atoms with van der Waals surface area (Å²) in [5.74, 6) is 1.74. The smallest absolute Gasteiger partial charge is 0.127 e. The molecule has 100 valence electrons. The van der Waals surface area contributed by atoms with E-state index in [0.29, 0.717) is 5.41 Å². The molecule has 0 radical (unpaired) electrons. The lowest BCUT2D eigenvalue weighted by molar-refractivity contribution is 0.380. The van der Waals surface area contributed by atoms with Crippen molar-refractivity contribution in [2.75, 3.05) is 23.7 Å². The highest BCUT2D eigenvalue weighted by atomic mass is 15.0. The first kappa shape index (κ1) is 13.2. The Kier molecular flexibility index (Phi) is 4.10. The molecule has 1 aliphatic carbocycles. The standard InChI is InChI=1S/C15H25N3/c1-4-8-16-14-10-13(5-9-17-14)18-11-15(6-7-15)12(2)3/h5,9-10,12H,4,6-8,11H2,1-3H3,(H2,16,17,18). The second-order valence-corrected chi connectivity index (χ2v) is 5.73. The summed E-state index contributed by atoms with van der Waals surface area (Å²) in [7, 11) is 0. The fourth-order valence-corrected chi connectivity index (χ4v) is 2.29. The van der Waals surface area contributed by atoms with Gasteiger partial charge >= 0.3 is 0 Å². The van der Waals surface area contributed by atoms with E-state index < -0.39 is 0 Å². The van der Waals surface area contributed by atoms with Gasteiger partial charge in [0.25, 0.3) is 0 Å². The Hall–Kier alpha value is -1.25. The van der Waals surface area contributed by atoms with Crippen LogP contribution in [0.25, 0.3) is 0 Å². The molecular weight excluding hydrogens is 222 g/mol. The van der Waals surface area contributed by atoms with Gasteiger partial charge in [-0.15, -0.1) is 0 Å². The van der Waals surface area contributed by atoms with Gasteiger partial charge in [-0.2, -0.15) is 0 Å². The molecule has 1 aromatic heterocycles. The lowest BCUT2D eigenvalue weighted by atomic mass is 9.92. The van der Waals surface area contributed by atoms with Gasteiger partial charge in [0, 0.05) is 31.0 Å². The zero-order valence-corrected chi connectivity index (χ0v) is 11.8. The fourth-order valence-electron chi connectivity index (χ4n) is 2.29. The van der Waals surface area contributed by atoms with Gasteiger partial charge in [-0.3, -0.25) is 0 Å². The topological polar surface area (TPSA) is 37.0 Å². The molecule has 2 N–H and O–H groups in total. The third-order valence-corrected chi connectivity index (χ3v) is 4.08. The maximum Gasteiger partial charge on any atom is 0.127 e. The Morgan fingerprint density at radius 3 is 2.72 bits per heavy atom. The van der Waals surface area contributed by atoms with E-state index >= 15 is 0 Å². The molecule has 0 bridgehead atoms. The Balaban J connectivity index is 1.89. The summed E-state index contributed by atoms with van der Waals surface area (Å²) in [5.41, 5.74) is 1.72. The molecule has 3 heteroatoms. The minimum absolute atomic E-state index is 0.542. The van der Waals surface area contributed by atoms with Crippen LogP contribution in [-0.4, -0.2) is 18.1 Å². The highest BCUT2D eigenvalue weighted by molar-refractivity contribution is 5.52. The van der Waals surface area contributed by atoms with E-state index in [1.807, 2.05) is 12.3 Å². The van der Waals surface area contributed by atoms with Crippen LogP contribution in [0.1, 0.15) is 40.0 Å². The molecular formula is C15H25N3. The van der Waals surface area contributed by atoms with Crippen LogP contribution in [0.2, 0.25) is 0 Å². The van der Waals surface area contributed by atoms with Gasteiger partial charge in [-0.25, -0.2) is 4.98 Å². The number of pyridine rings is 1. The van der Waals surface area contributed by atoms with Crippen LogP contribution >= 0.6 is 0 Å². The van der Waals surface area contributed by atoms with Gasteiger partial charge in [0.15, 0.2) is 0 Å². The van der Waals surface area contributed by atoms with Crippen molar-refractivity contribution in [2.45, 2.75) is 40.0 Å². The fraction of sp³-hybridized carbons (Fsp3) is 0.667. The molecule has 0 atom stereocenters. The summed E-state index contributed by atoms with van der Waals surface area (Å²) in [4.78, 5) is 4.32. The maximum absolute atomic E-state index is 4.32. The number of aromatic nitrogens is 1. The van der Waals surface area contributed by atoms with Crippen LogP contribution in [0.15, 0.2) is 18.3 Å². The first-order valence-electron chi connectivity index (χ1n) is 7.10. The average molecular weight is 247 g/mol. The lowest BCUT2D eigenvalue weighted by Gasteiger charge is -2.20. The minimum Gasteiger partial charge on any atom is -0.384 e. The van der Waals surface area contributed by atoms with Gasteiger partial charge in [-0.1, -0.05) is 20.8 Å². The summed E-state index contributed by atoms with van der Waals surface area (Å²) in [6, 6.07) is 4.15. The number of hydrogen-bond acceptors (Lipinski definition) is 3. The first-order chi connectivity index (χ1) is 8.66. The van der Waals surface area contributed by atoms with Crippen molar-refractivity contribution in [3.8, 4) is 0 Å². The van der Waals surface area contributed by atoms with E-state index in [1.165, 1.54) is 18.5 Å². The van der Waals surface area contributed by atoms with E-state index in [9.17, 15) is 0 Å². The van der Waals surface area contributed by atoms with Crippen molar-refractivity contribution in [3.05, 3.63) is 18.3 Å². The number of nitrogens with one attached hydrogen (secondary N) is 2. The molecule has 0 unspecified atom stereocenters. The Morgan fingerprint density at radius 1 is 1.33 bits per heavy atom. The summed E-state index contributed by atoms with van der Waals surface area (Å²) >= 11 is 0. The van der Waals surface area contributed by atoms with Crippen molar-refractivity contribution < 1.29 is 0 Å². The largest absolute Gasteiger partial charge is 0.384 e. The average Bonchev–Trinajstić information content (AvgIpc) is 3.16. The predicted octanol–water partition coefficient (Wildman–Crippen LogP) is 3.75. The van der Waals surface area contributed by atoms with Crippen molar-refractivity contribution in [2.24, 2.45) is 11.3 Å². The molecule has 1 aliphatic rings. The van der Waals surface area contributed by atoms with Crippen molar-refractivity contribution in [3.63, 3.8) is 0 Å². The van der Waals surface area contributed by atoms with Gasteiger partial charge in [0.2, 0.25) is 0 Å². The Bertz CT molecular complexity index is 383. The summed E-state index contributed by atoms with van der Waals surface area (Å²) in [6.45, 7) is 8.88. The van der Waals surface area contributed by atoms with E-state index in [4.69, 9.17) is 0 Å². The van der Waals surface area contributed by atoms with Gasteiger partial charge < -0.3 is 10.6 Å². The normalized spacial score (nSPS) is 16.7. The second kappa shape index (κ2) is 5.59. The molecule has 0 aliphatic heterocycles. The number of anilines is 2. The Labute approximate surface area is 110 Å². The molecule has 18 heavy (non-hydrogen) atoms. The lowest BCUT2D eigenvalue weighted by Crippen LogP contribution is -2.20. The van der Waals surface area contributed by atoms with Crippen LogP contribution in [0.3, 0.4) is 0 Å². The molecule has 1 heterocycles. The van der Waals surface area contributed by atoms with Crippen molar-refractivity contribution in [1.82, 2.24) is 4.98 Å². The van der Waals surface area contributed by atoms with Crippen molar-refractivity contribution in [1.29, 1.82) is 0 Å². The minimum atomic E-state index is 0.542. The quantitative estimate of drug-likeness (QED) is 0.770. The molecule has 3 nitrogen and oxygen atoms in total. The molecule has 0 spiro atoms. The van der Waals surface area contributed by atoms with E-state index in [2.05, 4.69) is 42.5 Å². The number of hydrogen-bond donors (Lipinski definition) is 2. The molecule has 1 aromatic rings. The van der Waals surface area contributed by atoms with Gasteiger partial charge in [-0.05, 0) is 36.7 Å². The van der Waals surface area contributed by atoms with Crippen LogP contribution in [0.4, 0.5) is 11.5 Å². The molecule has 0 saturated heterocycles. The molecule has 1 fully saturated rings. The van der Waals surface area contributed by atoms with E-state index in [1.54, 1.807) is 0 Å². The molecule has 0 amide bonds. The van der Waals surface area contributed by atoms with Gasteiger partial charge in [0.1, 0.15) is 5.82 Å². The predicted molar refractivity (Wildman–Crippen MR) is 78.0 cm³/mol. The monoisotopic (exact) mass is 247 g/mol. The van der Waals surface area contributed by atoms with Crippen molar-refractivity contribution >= 4 is 11.5 Å². The zero-order chi connectivity index (χ0) is 13.0. The third kappa shape index (κ3) is 3.15. The number of rotatable bonds is 7. The third-order valence-electron chi connectivity index (χ3n) is 4.08. The maximum atomic E-state index is 4.32. The second-order valence-electron chi connectivity index (χ2n) is 5.73. The van der Waals surface area contributed by atoms with E-state index in [-0.39, 0.29) is 0 Å². The SMILES string of the molecule is CCCNc1cc(NCC2(C(C)C)CC2)ccn1. The molecule has 1 saturated carbocycles. The summed E-state index contributed by atoms with van der Waals surface area (Å²) in [6.07, 6.45) is 5.72. The van der Waals surface area contributed by atoms with Crippen LogP contribution in [0, 0.1) is 11.3 Å². The number of nitrogens with zero attached hydrogens (tertiary/aromatic N) is 1. The Morgan fingerprint density at radius 2 is 2.11 bits per heavy atom. The zero-order valence-electron chi connectivity index (χ0n) is 11.8. The van der Waals surface area contributed by atoms with Crippen LogP contribution in [-0.2, 0) is 0 Å². The highest BCUT2D eigenvalue weighted by Crippen LogP contribution is 2.51. The molecule has 0 aromatic carbocycles.